The molecular weight excluding hydrogens is 312 g/mol. The number of nitrogens with zero attached hydrogens (tertiary/aromatic N) is 1. The summed E-state index contributed by atoms with van der Waals surface area (Å²) in [5.74, 6) is -0.302. The van der Waals surface area contributed by atoms with Gasteiger partial charge >= 0.3 is 0 Å². The van der Waals surface area contributed by atoms with Crippen molar-refractivity contribution in [2.75, 3.05) is 4.90 Å². The van der Waals surface area contributed by atoms with Crippen molar-refractivity contribution in [2.45, 2.75) is 25.9 Å². The smallest absolute Gasteiger partial charge is 0.243 e. The molecule has 2 amide bonds. The average Bonchev–Trinajstić information content (AvgIpc) is 2.93. The molecule has 0 spiro atoms. The number of rotatable bonds is 3. The third-order valence-corrected chi connectivity index (χ3v) is 4.40. The van der Waals surface area contributed by atoms with Crippen molar-refractivity contribution in [1.29, 1.82) is 0 Å². The minimum absolute atomic E-state index is 0.132. The maximum absolute atomic E-state index is 12.6. The highest BCUT2D eigenvalue weighted by atomic mass is 35.5. The first kappa shape index (κ1) is 15.6. The van der Waals surface area contributed by atoms with E-state index in [9.17, 15) is 9.59 Å². The number of hydrogen-bond donors (Lipinski definition) is 1. The Hall–Kier alpha value is -2.33. The Kier molecular flexibility index (Phi) is 4.35. The second-order valence-corrected chi connectivity index (χ2v) is 5.95. The molecule has 0 aromatic heterocycles. The molecule has 2 aromatic carbocycles. The molecule has 23 heavy (non-hydrogen) atoms. The Bertz CT molecular complexity index is 760. The van der Waals surface area contributed by atoms with Crippen molar-refractivity contribution < 1.29 is 9.59 Å². The molecule has 0 bridgehead atoms. The van der Waals surface area contributed by atoms with Gasteiger partial charge in [0.25, 0.3) is 0 Å². The van der Waals surface area contributed by atoms with Crippen LogP contribution in [0.4, 0.5) is 5.69 Å². The normalized spacial score (nSPS) is 16.1. The molecule has 0 saturated carbocycles. The van der Waals surface area contributed by atoms with Crippen LogP contribution in [0.5, 0.6) is 0 Å². The van der Waals surface area contributed by atoms with E-state index in [0.29, 0.717) is 18.0 Å². The summed E-state index contributed by atoms with van der Waals surface area (Å²) in [6.45, 7) is 1.83. The maximum atomic E-state index is 12.6. The molecule has 4 nitrogen and oxygen atoms in total. The lowest BCUT2D eigenvalue weighted by Gasteiger charge is -2.23. The quantitative estimate of drug-likeness (QED) is 0.941. The summed E-state index contributed by atoms with van der Waals surface area (Å²) in [7, 11) is 0. The van der Waals surface area contributed by atoms with Crippen LogP contribution < -0.4 is 10.2 Å². The van der Waals surface area contributed by atoms with Gasteiger partial charge in [0, 0.05) is 30.6 Å². The lowest BCUT2D eigenvalue weighted by atomic mass is 10.1. The summed E-state index contributed by atoms with van der Waals surface area (Å²) in [5.41, 5.74) is 2.69. The highest BCUT2D eigenvalue weighted by molar-refractivity contribution is 6.31. The third kappa shape index (κ3) is 3.08. The fraction of sp³-hybridized carbons (Fsp3) is 0.222. The third-order valence-electron chi connectivity index (χ3n) is 4.03. The monoisotopic (exact) mass is 328 g/mol. The van der Waals surface area contributed by atoms with Crippen LogP contribution in [0.25, 0.3) is 0 Å². The molecule has 1 atom stereocenters. The number of para-hydroxylation sites is 1. The fourth-order valence-electron chi connectivity index (χ4n) is 2.93. The SMILES string of the molecule is CC(=O)N1c2ccccc2CC1C(=O)NCc1ccccc1Cl. The molecule has 3 rings (SSSR count). The molecule has 1 heterocycles. The van der Waals surface area contributed by atoms with Gasteiger partial charge in [0.05, 0.1) is 0 Å². The number of hydrogen-bond acceptors (Lipinski definition) is 2. The second-order valence-electron chi connectivity index (χ2n) is 5.55. The molecule has 0 aliphatic carbocycles. The van der Waals surface area contributed by atoms with Crippen LogP contribution in [-0.2, 0) is 22.6 Å². The Morgan fingerprint density at radius 2 is 1.87 bits per heavy atom. The Morgan fingerprint density at radius 1 is 1.17 bits per heavy atom. The predicted octanol–water partition coefficient (Wildman–Crippen LogP) is 2.93. The van der Waals surface area contributed by atoms with Crippen LogP contribution >= 0.6 is 11.6 Å². The van der Waals surface area contributed by atoms with E-state index in [2.05, 4.69) is 5.32 Å². The van der Waals surface area contributed by atoms with Crippen molar-refractivity contribution in [3.8, 4) is 0 Å². The Labute approximate surface area is 140 Å². The molecule has 118 valence electrons. The summed E-state index contributed by atoms with van der Waals surface area (Å²) in [6, 6.07) is 14.5. The van der Waals surface area contributed by atoms with E-state index < -0.39 is 6.04 Å². The first-order valence-corrected chi connectivity index (χ1v) is 7.84. The predicted molar refractivity (Wildman–Crippen MR) is 90.4 cm³/mol. The molecule has 1 N–H and O–H groups in total. The minimum Gasteiger partial charge on any atom is -0.350 e. The molecule has 0 saturated heterocycles. The van der Waals surface area contributed by atoms with E-state index >= 15 is 0 Å². The standard InChI is InChI=1S/C18H17ClN2O2/c1-12(22)21-16-9-5-3-6-13(16)10-17(21)18(23)20-11-14-7-2-4-8-15(14)19/h2-9,17H,10-11H2,1H3,(H,20,23). The molecular formula is C18H17ClN2O2. The van der Waals surface area contributed by atoms with E-state index in [1.807, 2.05) is 42.5 Å². The number of nitrogens with one attached hydrogen (secondary N) is 1. The first-order chi connectivity index (χ1) is 11.1. The van der Waals surface area contributed by atoms with Crippen LogP contribution in [-0.4, -0.2) is 17.9 Å². The van der Waals surface area contributed by atoms with E-state index in [0.717, 1.165) is 16.8 Å². The van der Waals surface area contributed by atoms with Gasteiger partial charge in [0.2, 0.25) is 11.8 Å². The number of carbonyl (C=O) groups excluding carboxylic acids is 2. The van der Waals surface area contributed by atoms with E-state index in [1.165, 1.54) is 6.92 Å². The van der Waals surface area contributed by atoms with Crippen LogP contribution in [0.15, 0.2) is 48.5 Å². The van der Waals surface area contributed by atoms with Crippen LogP contribution in [0.2, 0.25) is 5.02 Å². The fourth-order valence-corrected chi connectivity index (χ4v) is 3.13. The van der Waals surface area contributed by atoms with Gasteiger partial charge in [-0.3, -0.25) is 14.5 Å². The second kappa shape index (κ2) is 6.42. The van der Waals surface area contributed by atoms with Crippen molar-refractivity contribution >= 4 is 29.1 Å². The van der Waals surface area contributed by atoms with Gasteiger partial charge in [0.15, 0.2) is 0 Å². The number of carbonyl (C=O) groups is 2. The summed E-state index contributed by atoms with van der Waals surface area (Å²) in [5, 5.41) is 3.50. The zero-order valence-electron chi connectivity index (χ0n) is 12.8. The molecule has 5 heteroatoms. The largest absolute Gasteiger partial charge is 0.350 e. The van der Waals surface area contributed by atoms with Crippen molar-refractivity contribution in [2.24, 2.45) is 0 Å². The molecule has 2 aromatic rings. The number of fused-ring (bicyclic) bond motifs is 1. The Balaban J connectivity index is 1.75. The topological polar surface area (TPSA) is 49.4 Å². The highest BCUT2D eigenvalue weighted by Gasteiger charge is 2.36. The molecule has 1 unspecified atom stereocenters. The number of anilines is 1. The van der Waals surface area contributed by atoms with Crippen molar-refractivity contribution in [1.82, 2.24) is 5.32 Å². The van der Waals surface area contributed by atoms with Crippen molar-refractivity contribution in [3.63, 3.8) is 0 Å². The van der Waals surface area contributed by atoms with Gasteiger partial charge in [-0.2, -0.15) is 0 Å². The number of amides is 2. The highest BCUT2D eigenvalue weighted by Crippen LogP contribution is 2.32. The van der Waals surface area contributed by atoms with Gasteiger partial charge in [-0.15, -0.1) is 0 Å². The summed E-state index contributed by atoms with van der Waals surface area (Å²) < 4.78 is 0. The summed E-state index contributed by atoms with van der Waals surface area (Å²) >= 11 is 6.10. The first-order valence-electron chi connectivity index (χ1n) is 7.46. The van der Waals surface area contributed by atoms with Gasteiger partial charge in [-0.25, -0.2) is 0 Å². The molecule has 0 fully saturated rings. The zero-order valence-corrected chi connectivity index (χ0v) is 13.5. The molecule has 0 radical (unpaired) electrons. The van der Waals surface area contributed by atoms with E-state index in [1.54, 1.807) is 11.0 Å². The van der Waals surface area contributed by atoms with Crippen LogP contribution in [0.1, 0.15) is 18.1 Å². The van der Waals surface area contributed by atoms with Gasteiger partial charge in [-0.1, -0.05) is 48.0 Å². The number of benzene rings is 2. The summed E-state index contributed by atoms with van der Waals surface area (Å²) in [6.07, 6.45) is 0.532. The molecule has 1 aliphatic heterocycles. The van der Waals surface area contributed by atoms with E-state index in [4.69, 9.17) is 11.6 Å². The van der Waals surface area contributed by atoms with Gasteiger partial charge in [-0.05, 0) is 23.3 Å². The van der Waals surface area contributed by atoms with Crippen molar-refractivity contribution in [3.05, 3.63) is 64.7 Å². The lowest BCUT2D eigenvalue weighted by molar-refractivity contribution is -0.125. The number of halogens is 1. The zero-order chi connectivity index (χ0) is 16.4. The summed E-state index contributed by atoms with van der Waals surface area (Å²) in [4.78, 5) is 26.1. The lowest BCUT2D eigenvalue weighted by Crippen LogP contribution is -2.47. The molecule has 1 aliphatic rings. The van der Waals surface area contributed by atoms with Gasteiger partial charge < -0.3 is 5.32 Å². The van der Waals surface area contributed by atoms with E-state index in [-0.39, 0.29) is 11.8 Å². The van der Waals surface area contributed by atoms with Crippen LogP contribution in [0, 0.1) is 0 Å². The minimum atomic E-state index is -0.507. The van der Waals surface area contributed by atoms with Gasteiger partial charge in [0.1, 0.15) is 6.04 Å². The average molecular weight is 329 g/mol. The van der Waals surface area contributed by atoms with Crippen LogP contribution in [0.3, 0.4) is 0 Å². The Morgan fingerprint density at radius 3 is 2.61 bits per heavy atom. The maximum Gasteiger partial charge on any atom is 0.243 e.